The number of Topliss-reactive ketones (excluding diaryl/α,β-unsaturated/α-hetero) is 1. The zero-order valence-electron chi connectivity index (χ0n) is 15.2. The number of nitrogens with one attached hydrogen (secondary N) is 2. The molecule has 0 saturated heterocycles. The standard InChI is InChI=1S/C20H15ClFN3O4/c1-29-20(28)18-17(23-10-24-18)19(27)25-13-5-2-11(3-6-13)8-16(26)14-7-4-12(22)9-15(14)21/h2-7,9-10H,8H2,1H3,(H,23,24)(H,25,27). The van der Waals surface area contributed by atoms with E-state index in [1.807, 2.05) is 0 Å². The van der Waals surface area contributed by atoms with Crippen LogP contribution in [0.4, 0.5) is 10.1 Å². The van der Waals surface area contributed by atoms with Gasteiger partial charge in [0.25, 0.3) is 5.91 Å². The molecule has 148 valence electrons. The Hall–Kier alpha value is -3.52. The molecular formula is C20H15ClFN3O4. The van der Waals surface area contributed by atoms with Gasteiger partial charge in [0, 0.05) is 17.7 Å². The molecule has 3 rings (SSSR count). The number of methoxy groups -OCH3 is 1. The highest BCUT2D eigenvalue weighted by Gasteiger charge is 2.21. The lowest BCUT2D eigenvalue weighted by Gasteiger charge is -2.07. The summed E-state index contributed by atoms with van der Waals surface area (Å²) in [4.78, 5) is 42.7. The molecule has 1 amide bonds. The Labute approximate surface area is 169 Å². The molecule has 0 fully saturated rings. The molecule has 1 aromatic heterocycles. The van der Waals surface area contributed by atoms with E-state index in [4.69, 9.17) is 11.6 Å². The van der Waals surface area contributed by atoms with Crippen molar-refractivity contribution in [1.82, 2.24) is 9.97 Å². The monoisotopic (exact) mass is 415 g/mol. The lowest BCUT2D eigenvalue weighted by molar-refractivity contribution is 0.0591. The number of hydrogen-bond donors (Lipinski definition) is 2. The van der Waals surface area contributed by atoms with Crippen LogP contribution < -0.4 is 5.32 Å². The Morgan fingerprint density at radius 3 is 2.55 bits per heavy atom. The van der Waals surface area contributed by atoms with E-state index < -0.39 is 17.7 Å². The van der Waals surface area contributed by atoms with Crippen LogP contribution in [0.3, 0.4) is 0 Å². The first kappa shape index (κ1) is 20.2. The molecule has 1 heterocycles. The van der Waals surface area contributed by atoms with Gasteiger partial charge in [-0.25, -0.2) is 14.2 Å². The number of carbonyl (C=O) groups excluding carboxylic acids is 3. The molecule has 0 aliphatic heterocycles. The smallest absolute Gasteiger partial charge is 0.356 e. The van der Waals surface area contributed by atoms with E-state index in [9.17, 15) is 18.8 Å². The van der Waals surface area contributed by atoms with Crippen molar-refractivity contribution in [2.45, 2.75) is 6.42 Å². The van der Waals surface area contributed by atoms with Gasteiger partial charge in [-0.2, -0.15) is 0 Å². The van der Waals surface area contributed by atoms with Crippen molar-refractivity contribution < 1.29 is 23.5 Å². The number of H-pyrrole nitrogens is 1. The highest BCUT2D eigenvalue weighted by Crippen LogP contribution is 2.20. The van der Waals surface area contributed by atoms with Gasteiger partial charge in [0.1, 0.15) is 5.82 Å². The highest BCUT2D eigenvalue weighted by atomic mass is 35.5. The normalized spacial score (nSPS) is 10.4. The SMILES string of the molecule is COC(=O)c1[nH]cnc1C(=O)Nc1ccc(CC(=O)c2ccc(F)cc2Cl)cc1. The summed E-state index contributed by atoms with van der Waals surface area (Å²) in [5.74, 6) is -2.07. The minimum atomic E-state index is -0.707. The third-order valence-corrected chi connectivity index (χ3v) is 4.36. The summed E-state index contributed by atoms with van der Waals surface area (Å²) in [5.41, 5.74) is 1.22. The molecule has 2 N–H and O–H groups in total. The second-order valence-corrected chi connectivity index (χ2v) is 6.40. The van der Waals surface area contributed by atoms with Gasteiger partial charge in [-0.05, 0) is 35.9 Å². The van der Waals surface area contributed by atoms with E-state index >= 15 is 0 Å². The van der Waals surface area contributed by atoms with Gasteiger partial charge in [0.05, 0.1) is 18.5 Å². The fourth-order valence-corrected chi connectivity index (χ4v) is 2.89. The topological polar surface area (TPSA) is 101 Å². The number of benzene rings is 2. The minimum absolute atomic E-state index is 0.0524. The number of aromatic nitrogens is 2. The first-order valence-corrected chi connectivity index (χ1v) is 8.77. The lowest BCUT2D eigenvalue weighted by atomic mass is 10.0. The van der Waals surface area contributed by atoms with Gasteiger partial charge in [0.2, 0.25) is 0 Å². The Morgan fingerprint density at radius 1 is 1.17 bits per heavy atom. The molecule has 0 spiro atoms. The van der Waals surface area contributed by atoms with Crippen molar-refractivity contribution in [2.75, 3.05) is 12.4 Å². The summed E-state index contributed by atoms with van der Waals surface area (Å²) in [6.45, 7) is 0. The molecule has 7 nitrogen and oxygen atoms in total. The molecule has 3 aromatic rings. The summed E-state index contributed by atoms with van der Waals surface area (Å²) < 4.78 is 17.7. The van der Waals surface area contributed by atoms with Gasteiger partial charge in [0.15, 0.2) is 17.2 Å². The molecule has 0 aliphatic carbocycles. The van der Waals surface area contributed by atoms with E-state index in [-0.39, 0.29) is 34.2 Å². The molecular weight excluding hydrogens is 401 g/mol. The van der Waals surface area contributed by atoms with Gasteiger partial charge in [-0.1, -0.05) is 23.7 Å². The van der Waals surface area contributed by atoms with Crippen molar-refractivity contribution in [3.05, 3.63) is 82.1 Å². The highest BCUT2D eigenvalue weighted by molar-refractivity contribution is 6.34. The zero-order chi connectivity index (χ0) is 21.0. The molecule has 0 atom stereocenters. The maximum Gasteiger partial charge on any atom is 0.356 e. The van der Waals surface area contributed by atoms with Crippen LogP contribution >= 0.6 is 11.6 Å². The van der Waals surface area contributed by atoms with Crippen LogP contribution in [0.25, 0.3) is 0 Å². The Morgan fingerprint density at radius 2 is 1.90 bits per heavy atom. The van der Waals surface area contributed by atoms with Crippen LogP contribution in [0.2, 0.25) is 5.02 Å². The minimum Gasteiger partial charge on any atom is -0.464 e. The molecule has 29 heavy (non-hydrogen) atoms. The number of amides is 1. The quantitative estimate of drug-likeness (QED) is 0.472. The number of rotatable bonds is 6. The predicted octanol–water partition coefficient (Wildman–Crippen LogP) is 3.67. The summed E-state index contributed by atoms with van der Waals surface area (Å²) >= 11 is 5.92. The van der Waals surface area contributed by atoms with Gasteiger partial charge < -0.3 is 15.0 Å². The molecule has 0 unspecified atom stereocenters. The fourth-order valence-electron chi connectivity index (χ4n) is 2.62. The predicted molar refractivity (Wildman–Crippen MR) is 104 cm³/mol. The van der Waals surface area contributed by atoms with Crippen LogP contribution in [-0.2, 0) is 11.2 Å². The van der Waals surface area contributed by atoms with E-state index in [2.05, 4.69) is 20.0 Å². The summed E-state index contributed by atoms with van der Waals surface area (Å²) in [5, 5.41) is 2.67. The fraction of sp³-hybridized carbons (Fsp3) is 0.100. The Kier molecular flexibility index (Phi) is 6.04. The number of esters is 1. The first-order valence-electron chi connectivity index (χ1n) is 8.39. The van der Waals surface area contributed by atoms with Crippen molar-refractivity contribution >= 4 is 34.9 Å². The van der Waals surface area contributed by atoms with Crippen LogP contribution in [0.1, 0.15) is 36.9 Å². The molecule has 0 aliphatic rings. The lowest BCUT2D eigenvalue weighted by Crippen LogP contribution is -2.17. The third-order valence-electron chi connectivity index (χ3n) is 4.05. The van der Waals surface area contributed by atoms with Crippen LogP contribution in [0.5, 0.6) is 0 Å². The molecule has 0 bridgehead atoms. The number of nitrogens with zero attached hydrogens (tertiary/aromatic N) is 1. The first-order chi connectivity index (χ1) is 13.9. The molecule has 0 saturated carbocycles. The summed E-state index contributed by atoms with van der Waals surface area (Å²) in [6, 6.07) is 10.2. The number of aromatic amines is 1. The van der Waals surface area contributed by atoms with Crippen LogP contribution in [-0.4, -0.2) is 34.7 Å². The maximum absolute atomic E-state index is 13.1. The summed E-state index contributed by atoms with van der Waals surface area (Å²) in [7, 11) is 1.20. The van der Waals surface area contributed by atoms with Gasteiger partial charge in [-0.15, -0.1) is 0 Å². The molecule has 9 heteroatoms. The molecule has 2 aromatic carbocycles. The number of ketones is 1. The zero-order valence-corrected chi connectivity index (χ0v) is 15.9. The average molecular weight is 416 g/mol. The third kappa shape index (κ3) is 4.67. The Bertz CT molecular complexity index is 1080. The number of halogens is 2. The number of carbonyl (C=O) groups is 3. The largest absolute Gasteiger partial charge is 0.464 e. The van der Waals surface area contributed by atoms with Crippen molar-refractivity contribution in [1.29, 1.82) is 0 Å². The van der Waals surface area contributed by atoms with E-state index in [0.717, 1.165) is 6.07 Å². The van der Waals surface area contributed by atoms with Crippen molar-refractivity contribution in [3.63, 3.8) is 0 Å². The van der Waals surface area contributed by atoms with E-state index in [0.29, 0.717) is 11.3 Å². The second-order valence-electron chi connectivity index (χ2n) is 5.99. The van der Waals surface area contributed by atoms with Gasteiger partial charge >= 0.3 is 5.97 Å². The average Bonchev–Trinajstić information content (AvgIpc) is 3.19. The Balaban J connectivity index is 1.67. The maximum atomic E-state index is 13.1. The molecule has 0 radical (unpaired) electrons. The number of hydrogen-bond acceptors (Lipinski definition) is 5. The number of ether oxygens (including phenoxy) is 1. The van der Waals surface area contributed by atoms with Crippen LogP contribution in [0, 0.1) is 5.82 Å². The summed E-state index contributed by atoms with van der Waals surface area (Å²) in [6.07, 6.45) is 1.28. The van der Waals surface area contributed by atoms with Crippen molar-refractivity contribution in [3.8, 4) is 0 Å². The van der Waals surface area contributed by atoms with Gasteiger partial charge in [-0.3, -0.25) is 9.59 Å². The van der Waals surface area contributed by atoms with E-state index in [1.165, 1.54) is 25.6 Å². The number of imidazole rings is 1. The van der Waals surface area contributed by atoms with E-state index in [1.54, 1.807) is 24.3 Å². The second kappa shape index (κ2) is 8.66. The number of anilines is 1. The van der Waals surface area contributed by atoms with Crippen molar-refractivity contribution in [2.24, 2.45) is 0 Å². The van der Waals surface area contributed by atoms with Crippen LogP contribution in [0.15, 0.2) is 48.8 Å².